The summed E-state index contributed by atoms with van der Waals surface area (Å²) in [5.74, 6) is 0.622. The zero-order chi connectivity index (χ0) is 13.2. The van der Waals surface area contributed by atoms with Gasteiger partial charge in [0.25, 0.3) is 0 Å². The largest absolute Gasteiger partial charge is 0.479 e. The minimum atomic E-state index is 0.0584. The Morgan fingerprint density at radius 2 is 2.00 bits per heavy atom. The summed E-state index contributed by atoms with van der Waals surface area (Å²) in [7, 11) is 0. The van der Waals surface area contributed by atoms with Crippen molar-refractivity contribution in [3.63, 3.8) is 0 Å². The topological polar surface area (TPSA) is 38.7 Å². The van der Waals surface area contributed by atoms with Gasteiger partial charge >= 0.3 is 0 Å². The molecular formula is C16H15NO2. The second-order valence-electron chi connectivity index (χ2n) is 4.79. The lowest BCUT2D eigenvalue weighted by Gasteiger charge is -2.04. The number of rotatable bonds is 3. The van der Waals surface area contributed by atoms with Gasteiger partial charge in [-0.1, -0.05) is 35.9 Å². The van der Waals surface area contributed by atoms with Gasteiger partial charge in [0.1, 0.15) is 6.61 Å². The third kappa shape index (κ3) is 2.50. The van der Waals surface area contributed by atoms with Crippen molar-refractivity contribution >= 4 is 22.5 Å². The summed E-state index contributed by atoms with van der Waals surface area (Å²) in [6, 6.07) is 12.0. The van der Waals surface area contributed by atoms with Crippen molar-refractivity contribution in [2.45, 2.75) is 13.3 Å². The van der Waals surface area contributed by atoms with Gasteiger partial charge in [0.05, 0.1) is 13.0 Å². The SMILES string of the molecule is Cc1ccc2cc(C(=O)CC3=NCCO3)ccc2c1. The molecule has 2 aromatic rings. The van der Waals surface area contributed by atoms with Crippen LogP contribution in [0.25, 0.3) is 10.8 Å². The van der Waals surface area contributed by atoms with Crippen molar-refractivity contribution < 1.29 is 9.53 Å². The molecule has 3 heteroatoms. The molecule has 0 bridgehead atoms. The Hall–Kier alpha value is -2.16. The maximum Gasteiger partial charge on any atom is 0.191 e. The van der Waals surface area contributed by atoms with Crippen LogP contribution >= 0.6 is 0 Å². The summed E-state index contributed by atoms with van der Waals surface area (Å²) in [5, 5.41) is 2.25. The van der Waals surface area contributed by atoms with Crippen molar-refractivity contribution in [2.24, 2.45) is 4.99 Å². The number of carbonyl (C=O) groups excluding carboxylic acids is 1. The molecule has 0 N–H and O–H groups in total. The van der Waals surface area contributed by atoms with E-state index in [-0.39, 0.29) is 12.2 Å². The molecule has 3 nitrogen and oxygen atoms in total. The van der Waals surface area contributed by atoms with E-state index in [0.29, 0.717) is 19.0 Å². The van der Waals surface area contributed by atoms with E-state index >= 15 is 0 Å². The van der Waals surface area contributed by atoms with Gasteiger partial charge in [-0.15, -0.1) is 0 Å². The van der Waals surface area contributed by atoms with Gasteiger partial charge in [-0.05, 0) is 23.8 Å². The quantitative estimate of drug-likeness (QED) is 0.788. The first kappa shape index (κ1) is 11.9. The first-order valence-electron chi connectivity index (χ1n) is 6.42. The first-order valence-corrected chi connectivity index (χ1v) is 6.42. The van der Waals surface area contributed by atoms with Crippen LogP contribution in [0.5, 0.6) is 0 Å². The van der Waals surface area contributed by atoms with Crippen molar-refractivity contribution in [1.82, 2.24) is 0 Å². The molecule has 0 saturated heterocycles. The van der Waals surface area contributed by atoms with E-state index in [1.807, 2.05) is 24.3 Å². The lowest BCUT2D eigenvalue weighted by atomic mass is 10.0. The summed E-state index contributed by atoms with van der Waals surface area (Å²) < 4.78 is 5.28. The number of carbonyl (C=O) groups is 1. The molecule has 0 fully saturated rings. The molecule has 3 rings (SSSR count). The number of nitrogens with zero attached hydrogens (tertiary/aromatic N) is 1. The van der Waals surface area contributed by atoms with Crippen molar-refractivity contribution in [1.29, 1.82) is 0 Å². The Morgan fingerprint density at radius 1 is 1.21 bits per heavy atom. The molecule has 0 aromatic heterocycles. The number of ether oxygens (including phenoxy) is 1. The van der Waals surface area contributed by atoms with Gasteiger partial charge in [-0.25, -0.2) is 0 Å². The third-order valence-electron chi connectivity index (χ3n) is 3.28. The Balaban J connectivity index is 1.88. The van der Waals surface area contributed by atoms with Gasteiger partial charge < -0.3 is 4.74 Å². The fourth-order valence-electron chi connectivity index (χ4n) is 2.26. The van der Waals surface area contributed by atoms with Crippen LogP contribution in [0.3, 0.4) is 0 Å². The van der Waals surface area contributed by atoms with Crippen LogP contribution in [-0.4, -0.2) is 24.8 Å². The molecule has 19 heavy (non-hydrogen) atoms. The molecule has 1 heterocycles. The summed E-state index contributed by atoms with van der Waals surface area (Å²) in [6.07, 6.45) is 0.261. The molecule has 0 aliphatic carbocycles. The number of aliphatic imine (C=N–C) groups is 1. The highest BCUT2D eigenvalue weighted by Crippen LogP contribution is 2.19. The highest BCUT2D eigenvalue weighted by atomic mass is 16.5. The van der Waals surface area contributed by atoms with Crippen LogP contribution in [0.1, 0.15) is 22.3 Å². The van der Waals surface area contributed by atoms with E-state index in [2.05, 4.69) is 24.0 Å². The van der Waals surface area contributed by atoms with Crippen molar-refractivity contribution in [3.8, 4) is 0 Å². The molecule has 0 atom stereocenters. The number of aryl methyl sites for hydroxylation is 1. The summed E-state index contributed by atoms with van der Waals surface area (Å²) in [5.41, 5.74) is 1.94. The third-order valence-corrected chi connectivity index (χ3v) is 3.28. The van der Waals surface area contributed by atoms with Crippen LogP contribution in [0.2, 0.25) is 0 Å². The van der Waals surface area contributed by atoms with Crippen molar-refractivity contribution in [2.75, 3.05) is 13.2 Å². The van der Waals surface area contributed by atoms with Crippen molar-refractivity contribution in [3.05, 3.63) is 47.5 Å². The van der Waals surface area contributed by atoms with E-state index in [0.717, 1.165) is 16.3 Å². The maximum absolute atomic E-state index is 12.2. The molecule has 0 spiro atoms. The highest BCUT2D eigenvalue weighted by Gasteiger charge is 2.14. The maximum atomic E-state index is 12.2. The fraction of sp³-hybridized carbons (Fsp3) is 0.250. The van der Waals surface area contributed by atoms with E-state index in [1.54, 1.807) is 0 Å². The lowest BCUT2D eigenvalue weighted by molar-refractivity contribution is 0.0995. The Morgan fingerprint density at radius 3 is 2.79 bits per heavy atom. The number of Topliss-reactive ketones (excluding diaryl/α,β-unsaturated/α-hetero) is 1. The second kappa shape index (κ2) is 4.84. The van der Waals surface area contributed by atoms with E-state index < -0.39 is 0 Å². The molecule has 1 aliphatic heterocycles. The number of hydrogen-bond donors (Lipinski definition) is 0. The van der Waals surface area contributed by atoms with Gasteiger partial charge in [0.15, 0.2) is 11.7 Å². The van der Waals surface area contributed by atoms with E-state index in [1.165, 1.54) is 5.56 Å². The van der Waals surface area contributed by atoms with Gasteiger partial charge in [0, 0.05) is 5.56 Å². The molecule has 96 valence electrons. The molecule has 2 aromatic carbocycles. The molecular weight excluding hydrogens is 238 g/mol. The monoisotopic (exact) mass is 253 g/mol. The molecule has 0 radical (unpaired) electrons. The van der Waals surface area contributed by atoms with Gasteiger partial charge in [0.2, 0.25) is 0 Å². The number of ketones is 1. The van der Waals surface area contributed by atoms with E-state index in [4.69, 9.17) is 4.74 Å². The smallest absolute Gasteiger partial charge is 0.191 e. The summed E-state index contributed by atoms with van der Waals surface area (Å²) in [6.45, 7) is 3.33. The minimum Gasteiger partial charge on any atom is -0.479 e. The zero-order valence-corrected chi connectivity index (χ0v) is 10.8. The summed E-state index contributed by atoms with van der Waals surface area (Å²) in [4.78, 5) is 16.3. The predicted octanol–water partition coefficient (Wildman–Crippen LogP) is 3.15. The normalized spacial score (nSPS) is 14.3. The van der Waals surface area contributed by atoms with Gasteiger partial charge in [-0.3, -0.25) is 9.79 Å². The number of benzene rings is 2. The fourth-order valence-corrected chi connectivity index (χ4v) is 2.26. The van der Waals surface area contributed by atoms with Crippen LogP contribution in [0.4, 0.5) is 0 Å². The lowest BCUT2D eigenvalue weighted by Crippen LogP contribution is -2.08. The molecule has 0 saturated carbocycles. The standard InChI is InChI=1S/C16H15NO2/c1-11-2-3-13-9-14(5-4-12(13)8-11)15(18)10-16-17-6-7-19-16/h2-5,8-9H,6-7,10H2,1H3. The number of fused-ring (bicyclic) bond motifs is 1. The predicted molar refractivity (Wildman–Crippen MR) is 75.9 cm³/mol. The summed E-state index contributed by atoms with van der Waals surface area (Å²) >= 11 is 0. The molecule has 0 amide bonds. The molecule has 0 unspecified atom stereocenters. The number of hydrogen-bond acceptors (Lipinski definition) is 3. The second-order valence-corrected chi connectivity index (χ2v) is 4.79. The van der Waals surface area contributed by atoms with Crippen LogP contribution < -0.4 is 0 Å². The zero-order valence-electron chi connectivity index (χ0n) is 10.8. The Kier molecular flexibility index (Phi) is 3.03. The molecule has 1 aliphatic rings. The average molecular weight is 253 g/mol. The Labute approximate surface area is 111 Å². The van der Waals surface area contributed by atoms with E-state index in [9.17, 15) is 4.79 Å². The average Bonchev–Trinajstić information content (AvgIpc) is 2.91. The van der Waals surface area contributed by atoms with Crippen LogP contribution in [0, 0.1) is 6.92 Å². The first-order chi connectivity index (χ1) is 9.22. The Bertz CT molecular complexity index is 674. The van der Waals surface area contributed by atoms with Crippen LogP contribution in [0.15, 0.2) is 41.4 Å². The van der Waals surface area contributed by atoms with Gasteiger partial charge in [-0.2, -0.15) is 0 Å². The minimum absolute atomic E-state index is 0.0584. The van der Waals surface area contributed by atoms with Crippen LogP contribution in [-0.2, 0) is 4.74 Å². The highest BCUT2D eigenvalue weighted by molar-refractivity contribution is 6.09.